The van der Waals surface area contributed by atoms with E-state index in [-0.39, 0.29) is 19.4 Å². The Balaban J connectivity index is 2.77. The van der Waals surface area contributed by atoms with Crippen molar-refractivity contribution in [3.8, 4) is 0 Å². The van der Waals surface area contributed by atoms with Crippen molar-refractivity contribution in [3.05, 3.63) is 0 Å². The van der Waals surface area contributed by atoms with Crippen LogP contribution in [0.15, 0.2) is 0 Å². The van der Waals surface area contributed by atoms with Crippen molar-refractivity contribution in [1.82, 2.24) is 14.7 Å². The smallest absolute Gasteiger partial charge is 0.320 e. The summed E-state index contributed by atoms with van der Waals surface area (Å²) in [4.78, 5) is 38.6. The van der Waals surface area contributed by atoms with E-state index in [0.717, 1.165) is 0 Å². The lowest BCUT2D eigenvalue weighted by molar-refractivity contribution is -0.145. The second kappa shape index (κ2) is 9.43. The predicted molar refractivity (Wildman–Crippen MR) is 81.4 cm³/mol. The van der Waals surface area contributed by atoms with Crippen LogP contribution in [0, 0.1) is 0 Å². The molecule has 0 radical (unpaired) electrons. The molecule has 9 nitrogen and oxygen atoms in total. The Kier molecular flexibility index (Phi) is 7.93. The number of aliphatic carboxylic acids is 3. The number of carbonyl (C=O) groups is 3. The average molecular weight is 331 g/mol. The number of nitrogens with zero attached hydrogens (tertiary/aromatic N) is 3. The molecule has 0 aromatic heterocycles. The van der Waals surface area contributed by atoms with Gasteiger partial charge in [0.15, 0.2) is 0 Å². The van der Waals surface area contributed by atoms with Gasteiger partial charge in [0, 0.05) is 45.7 Å². The van der Waals surface area contributed by atoms with Gasteiger partial charge < -0.3 is 20.2 Å². The third kappa shape index (κ3) is 7.40. The molecule has 9 heteroatoms. The molecule has 1 rings (SSSR count). The Morgan fingerprint density at radius 1 is 0.913 bits per heavy atom. The highest BCUT2D eigenvalue weighted by molar-refractivity contribution is 5.75. The van der Waals surface area contributed by atoms with Crippen LogP contribution in [-0.4, -0.2) is 107 Å². The number of likely N-dealkylation sites (N-methyl/N-ethyl adjacent to an activating group) is 1. The van der Waals surface area contributed by atoms with E-state index in [2.05, 4.69) is 0 Å². The van der Waals surface area contributed by atoms with E-state index < -0.39 is 23.9 Å². The van der Waals surface area contributed by atoms with Gasteiger partial charge in [0.1, 0.15) is 6.04 Å². The number of rotatable bonds is 7. The van der Waals surface area contributed by atoms with E-state index in [1.807, 2.05) is 11.9 Å². The molecule has 0 aliphatic carbocycles. The molecule has 23 heavy (non-hydrogen) atoms. The minimum absolute atomic E-state index is 0.0350. The standard InChI is InChI=1S/C14H25N3O6/c1-15-4-6-16(10-13(20)21)7-9-17(8-5-15)11(14(22)23)2-3-12(18)19/h11H,2-10H2,1H3,(H,18,19)(H,20,21)(H,22,23). The van der Waals surface area contributed by atoms with Gasteiger partial charge in [-0.15, -0.1) is 0 Å². The molecule has 1 saturated heterocycles. The van der Waals surface area contributed by atoms with Crippen molar-refractivity contribution in [1.29, 1.82) is 0 Å². The minimum Gasteiger partial charge on any atom is -0.481 e. The molecule has 1 atom stereocenters. The lowest BCUT2D eigenvalue weighted by Crippen LogP contribution is -2.47. The Morgan fingerprint density at radius 3 is 2.04 bits per heavy atom. The van der Waals surface area contributed by atoms with E-state index in [9.17, 15) is 19.5 Å². The molecule has 132 valence electrons. The predicted octanol–water partition coefficient (Wildman–Crippen LogP) is -1.06. The Bertz CT molecular complexity index is 431. The molecule has 1 heterocycles. The number of carboxylic acids is 3. The number of carboxylic acid groups (broad SMARTS) is 3. The lowest BCUT2D eigenvalue weighted by atomic mass is 10.1. The van der Waals surface area contributed by atoms with Gasteiger partial charge in [-0.1, -0.05) is 0 Å². The zero-order valence-corrected chi connectivity index (χ0v) is 13.3. The maximum Gasteiger partial charge on any atom is 0.320 e. The van der Waals surface area contributed by atoms with Gasteiger partial charge in [0.25, 0.3) is 0 Å². The second-order valence-corrected chi connectivity index (χ2v) is 5.80. The van der Waals surface area contributed by atoms with Crippen LogP contribution >= 0.6 is 0 Å². The highest BCUT2D eigenvalue weighted by Crippen LogP contribution is 2.10. The molecule has 0 aromatic carbocycles. The van der Waals surface area contributed by atoms with Crippen LogP contribution in [0.25, 0.3) is 0 Å². The largest absolute Gasteiger partial charge is 0.481 e. The molecule has 0 spiro atoms. The van der Waals surface area contributed by atoms with Crippen molar-refractivity contribution >= 4 is 17.9 Å². The second-order valence-electron chi connectivity index (χ2n) is 5.80. The molecule has 1 unspecified atom stereocenters. The molecule has 1 aliphatic rings. The number of hydrogen-bond acceptors (Lipinski definition) is 6. The average Bonchev–Trinajstić information content (AvgIpc) is 2.52. The first kappa shape index (κ1) is 19.3. The topological polar surface area (TPSA) is 122 Å². The highest BCUT2D eigenvalue weighted by Gasteiger charge is 2.27. The minimum atomic E-state index is -1.04. The van der Waals surface area contributed by atoms with Crippen molar-refractivity contribution < 1.29 is 29.7 Å². The van der Waals surface area contributed by atoms with Crippen molar-refractivity contribution in [3.63, 3.8) is 0 Å². The molecule has 1 fully saturated rings. The van der Waals surface area contributed by atoms with Gasteiger partial charge >= 0.3 is 17.9 Å². The fourth-order valence-electron chi connectivity index (χ4n) is 2.60. The maximum absolute atomic E-state index is 11.5. The van der Waals surface area contributed by atoms with Crippen LogP contribution in [-0.2, 0) is 14.4 Å². The van der Waals surface area contributed by atoms with E-state index in [0.29, 0.717) is 39.3 Å². The summed E-state index contributed by atoms with van der Waals surface area (Å²) in [5.74, 6) is -2.98. The summed E-state index contributed by atoms with van der Waals surface area (Å²) < 4.78 is 0. The highest BCUT2D eigenvalue weighted by atomic mass is 16.4. The Morgan fingerprint density at radius 2 is 1.48 bits per heavy atom. The molecule has 1 aliphatic heterocycles. The van der Waals surface area contributed by atoms with Crippen LogP contribution in [0.3, 0.4) is 0 Å². The Labute approximate surface area is 135 Å². The van der Waals surface area contributed by atoms with Crippen LogP contribution in [0.1, 0.15) is 12.8 Å². The lowest BCUT2D eigenvalue weighted by Gasteiger charge is -2.30. The maximum atomic E-state index is 11.5. The van der Waals surface area contributed by atoms with Gasteiger partial charge in [-0.05, 0) is 13.5 Å². The normalized spacial score (nSPS) is 20.2. The van der Waals surface area contributed by atoms with Crippen molar-refractivity contribution in [2.45, 2.75) is 18.9 Å². The first-order valence-corrected chi connectivity index (χ1v) is 7.61. The fraction of sp³-hybridized carbons (Fsp3) is 0.786. The van der Waals surface area contributed by atoms with Gasteiger partial charge in [-0.3, -0.25) is 24.2 Å². The molecule has 0 aromatic rings. The van der Waals surface area contributed by atoms with Crippen LogP contribution in [0.5, 0.6) is 0 Å². The third-order valence-electron chi connectivity index (χ3n) is 3.99. The molecule has 0 amide bonds. The quantitative estimate of drug-likeness (QED) is 0.536. The summed E-state index contributed by atoms with van der Waals surface area (Å²) in [6.45, 7) is 3.21. The van der Waals surface area contributed by atoms with E-state index >= 15 is 0 Å². The van der Waals surface area contributed by atoms with E-state index in [1.54, 1.807) is 9.80 Å². The molecule has 0 bridgehead atoms. The zero-order valence-electron chi connectivity index (χ0n) is 13.3. The molecular formula is C14H25N3O6. The zero-order chi connectivity index (χ0) is 17.4. The van der Waals surface area contributed by atoms with Gasteiger partial charge in [0.05, 0.1) is 6.54 Å². The van der Waals surface area contributed by atoms with Crippen molar-refractivity contribution in [2.75, 3.05) is 52.9 Å². The number of hydrogen-bond donors (Lipinski definition) is 3. The SMILES string of the molecule is CN1CCN(CC(=O)O)CCN(C(CCC(=O)O)C(=O)O)CC1. The van der Waals surface area contributed by atoms with Gasteiger partial charge in [-0.25, -0.2) is 0 Å². The summed E-state index contributed by atoms with van der Waals surface area (Å²) >= 11 is 0. The molecule has 3 N–H and O–H groups in total. The molecule has 0 saturated carbocycles. The summed E-state index contributed by atoms with van der Waals surface area (Å²) in [6.07, 6.45) is -0.171. The monoisotopic (exact) mass is 331 g/mol. The third-order valence-corrected chi connectivity index (χ3v) is 3.99. The molecular weight excluding hydrogens is 306 g/mol. The van der Waals surface area contributed by atoms with Crippen LogP contribution in [0.2, 0.25) is 0 Å². The fourth-order valence-corrected chi connectivity index (χ4v) is 2.60. The van der Waals surface area contributed by atoms with Crippen LogP contribution in [0.4, 0.5) is 0 Å². The summed E-state index contributed by atoms with van der Waals surface area (Å²) in [5.41, 5.74) is 0. The van der Waals surface area contributed by atoms with Gasteiger partial charge in [0.2, 0.25) is 0 Å². The van der Waals surface area contributed by atoms with E-state index in [4.69, 9.17) is 10.2 Å². The summed E-state index contributed by atoms with van der Waals surface area (Å²) in [7, 11) is 1.90. The first-order valence-electron chi connectivity index (χ1n) is 7.61. The van der Waals surface area contributed by atoms with Crippen molar-refractivity contribution in [2.24, 2.45) is 0 Å². The summed E-state index contributed by atoms with van der Waals surface area (Å²) in [5, 5.41) is 27.1. The van der Waals surface area contributed by atoms with Gasteiger partial charge in [-0.2, -0.15) is 0 Å². The van der Waals surface area contributed by atoms with Crippen LogP contribution < -0.4 is 0 Å². The van der Waals surface area contributed by atoms with E-state index in [1.165, 1.54) is 0 Å². The summed E-state index contributed by atoms with van der Waals surface area (Å²) in [6, 6.07) is -0.871. The first-order chi connectivity index (χ1) is 10.8. The Hall–Kier alpha value is -1.71.